The number of hydrogen-bond acceptors (Lipinski definition) is 2. The van der Waals surface area contributed by atoms with Gasteiger partial charge in [-0.05, 0) is 30.7 Å². The molecular formula is C14H14F2OS. The molecule has 1 aromatic heterocycles. The van der Waals surface area contributed by atoms with Gasteiger partial charge in [-0.3, -0.25) is 0 Å². The van der Waals surface area contributed by atoms with Crippen LogP contribution in [0.4, 0.5) is 8.78 Å². The van der Waals surface area contributed by atoms with Gasteiger partial charge in [-0.1, -0.05) is 13.0 Å². The minimum Gasteiger partial charge on any atom is -0.387 e. The van der Waals surface area contributed by atoms with Crippen molar-refractivity contribution >= 4 is 11.3 Å². The fourth-order valence-corrected chi connectivity index (χ4v) is 2.72. The van der Waals surface area contributed by atoms with Crippen molar-refractivity contribution in [2.75, 3.05) is 0 Å². The second-order valence-electron chi connectivity index (χ2n) is 4.08. The lowest BCUT2D eigenvalue weighted by Gasteiger charge is -2.10. The van der Waals surface area contributed by atoms with Crippen molar-refractivity contribution in [3.05, 3.63) is 57.3 Å². The Labute approximate surface area is 109 Å². The average Bonchev–Trinajstić information content (AvgIpc) is 2.82. The van der Waals surface area contributed by atoms with Crippen molar-refractivity contribution in [1.82, 2.24) is 0 Å². The SMILES string of the molecule is CCc1ccc(C(O)Cc2c(F)cccc2F)s1. The van der Waals surface area contributed by atoms with E-state index in [0.717, 1.165) is 16.2 Å². The van der Waals surface area contributed by atoms with Gasteiger partial charge in [0.2, 0.25) is 0 Å². The van der Waals surface area contributed by atoms with E-state index in [-0.39, 0.29) is 12.0 Å². The summed E-state index contributed by atoms with van der Waals surface area (Å²) < 4.78 is 26.9. The van der Waals surface area contributed by atoms with E-state index in [1.165, 1.54) is 29.5 Å². The zero-order chi connectivity index (χ0) is 13.1. The van der Waals surface area contributed by atoms with Crippen molar-refractivity contribution in [3.8, 4) is 0 Å². The van der Waals surface area contributed by atoms with Gasteiger partial charge in [-0.15, -0.1) is 11.3 Å². The molecule has 1 aromatic carbocycles. The number of rotatable bonds is 4. The molecule has 0 aliphatic rings. The number of aryl methyl sites for hydroxylation is 1. The molecular weight excluding hydrogens is 254 g/mol. The first-order chi connectivity index (χ1) is 8.61. The largest absolute Gasteiger partial charge is 0.387 e. The van der Waals surface area contributed by atoms with Gasteiger partial charge in [-0.25, -0.2) is 8.78 Å². The molecule has 2 aromatic rings. The van der Waals surface area contributed by atoms with Crippen molar-refractivity contribution in [3.63, 3.8) is 0 Å². The fourth-order valence-electron chi connectivity index (χ4n) is 1.78. The normalized spacial score (nSPS) is 12.7. The van der Waals surface area contributed by atoms with Crippen LogP contribution < -0.4 is 0 Å². The Bertz CT molecular complexity index is 516. The molecule has 0 aliphatic carbocycles. The highest BCUT2D eigenvalue weighted by Gasteiger charge is 2.16. The Morgan fingerprint density at radius 3 is 2.39 bits per heavy atom. The van der Waals surface area contributed by atoms with Crippen LogP contribution in [0.1, 0.15) is 28.3 Å². The van der Waals surface area contributed by atoms with Crippen molar-refractivity contribution in [2.45, 2.75) is 25.9 Å². The average molecular weight is 268 g/mol. The summed E-state index contributed by atoms with van der Waals surface area (Å²) >= 11 is 1.48. The zero-order valence-corrected chi connectivity index (χ0v) is 10.8. The van der Waals surface area contributed by atoms with Crippen LogP contribution in [0.15, 0.2) is 30.3 Å². The van der Waals surface area contributed by atoms with Crippen LogP contribution in [0.2, 0.25) is 0 Å². The van der Waals surface area contributed by atoms with Gasteiger partial charge >= 0.3 is 0 Å². The van der Waals surface area contributed by atoms with Crippen LogP contribution in [0.3, 0.4) is 0 Å². The van der Waals surface area contributed by atoms with E-state index in [0.29, 0.717) is 0 Å². The Kier molecular flexibility index (Phi) is 4.09. The molecule has 0 bridgehead atoms. The van der Waals surface area contributed by atoms with Crippen LogP contribution in [-0.4, -0.2) is 5.11 Å². The molecule has 0 amide bonds. The van der Waals surface area contributed by atoms with E-state index in [2.05, 4.69) is 0 Å². The quantitative estimate of drug-likeness (QED) is 0.892. The third kappa shape index (κ3) is 2.76. The molecule has 2 rings (SSSR count). The highest BCUT2D eigenvalue weighted by Crippen LogP contribution is 2.27. The molecule has 1 heterocycles. The van der Waals surface area contributed by atoms with E-state index in [1.807, 2.05) is 19.1 Å². The van der Waals surface area contributed by atoms with E-state index < -0.39 is 17.7 Å². The van der Waals surface area contributed by atoms with E-state index in [4.69, 9.17) is 0 Å². The molecule has 1 N–H and O–H groups in total. The number of thiophene rings is 1. The molecule has 0 fully saturated rings. The molecule has 1 unspecified atom stereocenters. The summed E-state index contributed by atoms with van der Waals surface area (Å²) in [5.74, 6) is -1.22. The minimum atomic E-state index is -0.860. The molecule has 0 radical (unpaired) electrons. The maximum Gasteiger partial charge on any atom is 0.129 e. The van der Waals surface area contributed by atoms with Crippen LogP contribution >= 0.6 is 11.3 Å². The summed E-state index contributed by atoms with van der Waals surface area (Å²) in [6, 6.07) is 7.47. The highest BCUT2D eigenvalue weighted by atomic mass is 32.1. The van der Waals surface area contributed by atoms with Crippen molar-refractivity contribution in [2.24, 2.45) is 0 Å². The topological polar surface area (TPSA) is 20.2 Å². The maximum absolute atomic E-state index is 13.5. The molecule has 0 spiro atoms. The molecule has 1 nitrogen and oxygen atoms in total. The standard InChI is InChI=1S/C14H14F2OS/c1-2-9-6-7-14(18-9)13(17)8-10-11(15)4-3-5-12(10)16/h3-7,13,17H,2,8H2,1H3. The number of benzene rings is 1. The fraction of sp³-hybridized carbons (Fsp3) is 0.286. The van der Waals surface area contributed by atoms with Gasteiger partial charge in [0.25, 0.3) is 0 Å². The number of hydrogen-bond donors (Lipinski definition) is 1. The Hall–Kier alpha value is -1.26. The van der Waals surface area contributed by atoms with Gasteiger partial charge in [-0.2, -0.15) is 0 Å². The van der Waals surface area contributed by atoms with Crippen LogP contribution in [-0.2, 0) is 12.8 Å². The predicted octanol–water partition coefficient (Wildman–Crippen LogP) is 3.86. The van der Waals surface area contributed by atoms with E-state index >= 15 is 0 Å². The van der Waals surface area contributed by atoms with E-state index in [9.17, 15) is 13.9 Å². The number of aliphatic hydroxyl groups is 1. The van der Waals surface area contributed by atoms with Crippen LogP contribution in [0.25, 0.3) is 0 Å². The molecule has 0 aliphatic heterocycles. The van der Waals surface area contributed by atoms with E-state index in [1.54, 1.807) is 0 Å². The van der Waals surface area contributed by atoms with Crippen LogP contribution in [0, 0.1) is 11.6 Å². The lowest BCUT2D eigenvalue weighted by molar-refractivity contribution is 0.179. The lowest BCUT2D eigenvalue weighted by atomic mass is 10.1. The van der Waals surface area contributed by atoms with Gasteiger partial charge < -0.3 is 5.11 Å². The Morgan fingerprint density at radius 1 is 1.17 bits per heavy atom. The summed E-state index contributed by atoms with van der Waals surface area (Å²) in [7, 11) is 0. The second-order valence-corrected chi connectivity index (χ2v) is 5.28. The van der Waals surface area contributed by atoms with Gasteiger partial charge in [0, 0.05) is 21.7 Å². The van der Waals surface area contributed by atoms with Gasteiger partial charge in [0.05, 0.1) is 6.10 Å². The maximum atomic E-state index is 13.5. The first-order valence-electron chi connectivity index (χ1n) is 5.81. The molecule has 1 atom stereocenters. The summed E-state index contributed by atoms with van der Waals surface area (Å²) in [6.07, 6.45) is -0.00476. The summed E-state index contributed by atoms with van der Waals surface area (Å²) in [5, 5.41) is 10.0. The zero-order valence-electron chi connectivity index (χ0n) is 9.99. The third-order valence-electron chi connectivity index (χ3n) is 2.82. The van der Waals surface area contributed by atoms with Crippen LogP contribution in [0.5, 0.6) is 0 Å². The number of halogens is 2. The van der Waals surface area contributed by atoms with Gasteiger partial charge in [0.15, 0.2) is 0 Å². The highest BCUT2D eigenvalue weighted by molar-refractivity contribution is 7.12. The lowest BCUT2D eigenvalue weighted by Crippen LogP contribution is -2.04. The molecule has 96 valence electrons. The summed E-state index contributed by atoms with van der Waals surface area (Å²) in [6.45, 7) is 2.03. The molecule has 4 heteroatoms. The summed E-state index contributed by atoms with van der Waals surface area (Å²) in [5.41, 5.74) is -0.0588. The smallest absolute Gasteiger partial charge is 0.129 e. The monoisotopic (exact) mass is 268 g/mol. The van der Waals surface area contributed by atoms with Gasteiger partial charge in [0.1, 0.15) is 11.6 Å². The van der Waals surface area contributed by atoms with Crippen molar-refractivity contribution in [1.29, 1.82) is 0 Å². The number of aliphatic hydroxyl groups excluding tert-OH is 1. The second kappa shape index (κ2) is 5.59. The third-order valence-corrected chi connectivity index (χ3v) is 4.15. The first kappa shape index (κ1) is 13.2. The predicted molar refractivity (Wildman–Crippen MR) is 68.7 cm³/mol. The molecule has 0 saturated carbocycles. The molecule has 18 heavy (non-hydrogen) atoms. The molecule has 0 saturated heterocycles. The first-order valence-corrected chi connectivity index (χ1v) is 6.63. The minimum absolute atomic E-state index is 0.0395. The van der Waals surface area contributed by atoms with Crippen molar-refractivity contribution < 1.29 is 13.9 Å². The Balaban J connectivity index is 2.18. The summed E-state index contributed by atoms with van der Waals surface area (Å²) in [4.78, 5) is 1.90. The Morgan fingerprint density at radius 2 is 1.83 bits per heavy atom.